The molecule has 2 heterocycles. The SMILES string of the molecule is COc1cc(Nc2nc(N)c(-c3nc(-c4cccc(NC(C)=O)c4)cs3)s2)cc(OC)c1OC. The number of nitrogens with zero attached hydrogens (tertiary/aromatic N) is 2. The number of nitrogen functional groups attached to an aromatic ring is 1. The summed E-state index contributed by atoms with van der Waals surface area (Å²) in [5.74, 6) is 1.82. The van der Waals surface area contributed by atoms with Gasteiger partial charge in [-0.15, -0.1) is 11.3 Å². The van der Waals surface area contributed by atoms with E-state index in [0.717, 1.165) is 21.1 Å². The van der Waals surface area contributed by atoms with Crippen molar-refractivity contribution in [2.75, 3.05) is 37.7 Å². The number of ether oxygens (including phenoxy) is 3. The van der Waals surface area contributed by atoms with Crippen molar-refractivity contribution in [2.24, 2.45) is 0 Å². The van der Waals surface area contributed by atoms with Gasteiger partial charge >= 0.3 is 0 Å². The zero-order valence-corrected chi connectivity index (χ0v) is 20.6. The van der Waals surface area contributed by atoms with Gasteiger partial charge in [-0.25, -0.2) is 9.97 Å². The molecule has 0 aliphatic rings. The fourth-order valence-corrected chi connectivity index (χ4v) is 5.12. The van der Waals surface area contributed by atoms with Gasteiger partial charge in [0.2, 0.25) is 11.7 Å². The first-order valence-corrected chi connectivity index (χ1v) is 11.8. The van der Waals surface area contributed by atoms with Crippen LogP contribution >= 0.6 is 22.7 Å². The smallest absolute Gasteiger partial charge is 0.221 e. The van der Waals surface area contributed by atoms with Crippen LogP contribution < -0.4 is 30.6 Å². The molecular formula is C23H23N5O4S2. The molecule has 0 atom stereocenters. The Hall–Kier alpha value is -3.83. The third kappa shape index (κ3) is 4.90. The summed E-state index contributed by atoms with van der Waals surface area (Å²) in [5, 5.41) is 9.35. The van der Waals surface area contributed by atoms with E-state index in [1.165, 1.54) is 29.6 Å². The highest BCUT2D eigenvalue weighted by Gasteiger charge is 2.18. The fraction of sp³-hybridized carbons (Fsp3) is 0.174. The maximum absolute atomic E-state index is 11.4. The van der Waals surface area contributed by atoms with Gasteiger partial charge < -0.3 is 30.6 Å². The summed E-state index contributed by atoms with van der Waals surface area (Å²) in [6, 6.07) is 11.1. The summed E-state index contributed by atoms with van der Waals surface area (Å²) in [6.45, 7) is 1.48. The molecule has 2 aromatic heterocycles. The quantitative estimate of drug-likeness (QED) is 0.302. The maximum Gasteiger partial charge on any atom is 0.221 e. The first-order chi connectivity index (χ1) is 16.4. The Kier molecular flexibility index (Phi) is 6.85. The van der Waals surface area contributed by atoms with Gasteiger partial charge in [0, 0.05) is 41.4 Å². The molecule has 0 unspecified atom stereocenters. The molecule has 4 N–H and O–H groups in total. The number of methoxy groups -OCH3 is 3. The Morgan fingerprint density at radius 2 is 1.74 bits per heavy atom. The minimum atomic E-state index is -0.124. The Balaban J connectivity index is 1.59. The highest BCUT2D eigenvalue weighted by molar-refractivity contribution is 7.23. The van der Waals surface area contributed by atoms with Crippen molar-refractivity contribution in [3.05, 3.63) is 41.8 Å². The molecule has 11 heteroatoms. The summed E-state index contributed by atoms with van der Waals surface area (Å²) in [6.07, 6.45) is 0. The van der Waals surface area contributed by atoms with Crippen molar-refractivity contribution in [3.8, 4) is 38.4 Å². The zero-order valence-electron chi connectivity index (χ0n) is 19.0. The molecule has 4 rings (SSSR count). The Labute approximate surface area is 204 Å². The molecule has 0 aliphatic heterocycles. The molecule has 0 bridgehead atoms. The second-order valence-corrected chi connectivity index (χ2v) is 8.93. The van der Waals surface area contributed by atoms with E-state index in [-0.39, 0.29) is 5.91 Å². The van der Waals surface area contributed by atoms with Gasteiger partial charge in [-0.05, 0) is 12.1 Å². The van der Waals surface area contributed by atoms with Gasteiger partial charge in [0.05, 0.1) is 27.0 Å². The predicted octanol–water partition coefficient (Wildman–Crippen LogP) is 5.24. The molecule has 2 aromatic carbocycles. The van der Waals surface area contributed by atoms with E-state index in [9.17, 15) is 4.79 Å². The van der Waals surface area contributed by atoms with Crippen LogP contribution in [0.1, 0.15) is 6.92 Å². The summed E-state index contributed by atoms with van der Waals surface area (Å²) >= 11 is 2.87. The molecule has 176 valence electrons. The fourth-order valence-electron chi connectivity index (χ4n) is 3.29. The Morgan fingerprint density at radius 1 is 1.00 bits per heavy atom. The largest absolute Gasteiger partial charge is 0.493 e. The lowest BCUT2D eigenvalue weighted by Gasteiger charge is -2.14. The number of carbonyl (C=O) groups is 1. The Bertz CT molecular complexity index is 1310. The van der Waals surface area contributed by atoms with Crippen LogP contribution in [-0.4, -0.2) is 37.2 Å². The van der Waals surface area contributed by atoms with Crippen molar-refractivity contribution >= 4 is 50.9 Å². The first kappa shape index (κ1) is 23.3. The number of amides is 1. The lowest BCUT2D eigenvalue weighted by Crippen LogP contribution is -2.05. The zero-order chi connectivity index (χ0) is 24.2. The molecule has 0 aliphatic carbocycles. The van der Waals surface area contributed by atoms with Gasteiger partial charge in [-0.1, -0.05) is 23.5 Å². The number of carbonyl (C=O) groups excluding carboxylic acids is 1. The number of rotatable bonds is 8. The molecule has 4 aromatic rings. The summed E-state index contributed by atoms with van der Waals surface area (Å²) in [4.78, 5) is 21.3. The van der Waals surface area contributed by atoms with Crippen molar-refractivity contribution in [1.29, 1.82) is 0 Å². The van der Waals surface area contributed by atoms with Crippen LogP contribution in [0.2, 0.25) is 0 Å². The summed E-state index contributed by atoms with van der Waals surface area (Å²) in [5.41, 5.74) is 9.34. The number of aromatic nitrogens is 2. The van der Waals surface area contributed by atoms with Gasteiger partial charge in [-0.3, -0.25) is 4.79 Å². The topological polar surface area (TPSA) is 121 Å². The number of nitrogens with two attached hydrogens (primary N) is 1. The first-order valence-electron chi connectivity index (χ1n) is 10.1. The average Bonchev–Trinajstić information content (AvgIpc) is 3.44. The number of nitrogens with one attached hydrogen (secondary N) is 2. The molecule has 34 heavy (non-hydrogen) atoms. The average molecular weight is 498 g/mol. The van der Waals surface area contributed by atoms with Crippen LogP contribution in [0.25, 0.3) is 21.1 Å². The van der Waals surface area contributed by atoms with Gasteiger partial charge in [0.25, 0.3) is 0 Å². The Morgan fingerprint density at radius 3 is 2.38 bits per heavy atom. The number of thiazole rings is 2. The molecule has 0 spiro atoms. The van der Waals surface area contributed by atoms with Crippen LogP contribution in [0.3, 0.4) is 0 Å². The van der Waals surface area contributed by atoms with Crippen LogP contribution in [-0.2, 0) is 4.79 Å². The lowest BCUT2D eigenvalue weighted by molar-refractivity contribution is -0.114. The molecule has 9 nitrogen and oxygen atoms in total. The van der Waals surface area contributed by atoms with E-state index >= 15 is 0 Å². The molecule has 0 radical (unpaired) electrons. The molecule has 0 saturated heterocycles. The van der Waals surface area contributed by atoms with E-state index in [2.05, 4.69) is 15.6 Å². The minimum absolute atomic E-state index is 0.124. The standard InChI is InChI=1S/C23H23N5O4S2/c1-12(29)25-14-7-5-6-13(8-14)16-11-33-22(27-16)20-21(24)28-23(34-20)26-15-9-17(30-2)19(32-4)18(10-15)31-3/h5-11H,24H2,1-4H3,(H,25,29)(H,26,28). The van der Waals surface area contributed by atoms with Gasteiger partial charge in [-0.2, -0.15) is 0 Å². The summed E-state index contributed by atoms with van der Waals surface area (Å²) in [7, 11) is 4.68. The third-order valence-electron chi connectivity index (χ3n) is 4.75. The van der Waals surface area contributed by atoms with Gasteiger partial charge in [0.15, 0.2) is 16.6 Å². The predicted molar refractivity (Wildman–Crippen MR) is 137 cm³/mol. The number of hydrogen-bond acceptors (Lipinski definition) is 10. The van der Waals surface area contributed by atoms with E-state index in [4.69, 9.17) is 24.9 Å². The van der Waals surface area contributed by atoms with Crippen molar-refractivity contribution < 1.29 is 19.0 Å². The highest BCUT2D eigenvalue weighted by Crippen LogP contribution is 2.43. The number of hydrogen-bond donors (Lipinski definition) is 3. The molecular weight excluding hydrogens is 474 g/mol. The van der Waals surface area contributed by atoms with Crippen molar-refractivity contribution in [3.63, 3.8) is 0 Å². The molecule has 1 amide bonds. The summed E-state index contributed by atoms with van der Waals surface area (Å²) < 4.78 is 16.2. The van der Waals surface area contributed by atoms with Crippen LogP contribution in [0.5, 0.6) is 17.2 Å². The van der Waals surface area contributed by atoms with Gasteiger partial charge in [0.1, 0.15) is 15.7 Å². The van der Waals surface area contributed by atoms with E-state index in [1.54, 1.807) is 33.5 Å². The van der Waals surface area contributed by atoms with E-state index in [0.29, 0.717) is 39.6 Å². The van der Waals surface area contributed by atoms with Crippen molar-refractivity contribution in [1.82, 2.24) is 9.97 Å². The monoisotopic (exact) mass is 497 g/mol. The second-order valence-electron chi connectivity index (χ2n) is 7.07. The van der Waals surface area contributed by atoms with E-state index < -0.39 is 0 Å². The molecule has 0 saturated carbocycles. The normalized spacial score (nSPS) is 10.6. The van der Waals surface area contributed by atoms with Crippen LogP contribution in [0.4, 0.5) is 22.3 Å². The number of benzene rings is 2. The lowest BCUT2D eigenvalue weighted by atomic mass is 10.1. The third-order valence-corrected chi connectivity index (χ3v) is 6.73. The van der Waals surface area contributed by atoms with Crippen LogP contribution in [0.15, 0.2) is 41.8 Å². The molecule has 0 fully saturated rings. The van der Waals surface area contributed by atoms with E-state index in [1.807, 2.05) is 29.6 Å². The number of anilines is 4. The minimum Gasteiger partial charge on any atom is -0.493 e. The maximum atomic E-state index is 11.4. The highest BCUT2D eigenvalue weighted by atomic mass is 32.1. The second kappa shape index (κ2) is 9.98. The van der Waals surface area contributed by atoms with Crippen LogP contribution in [0, 0.1) is 0 Å². The van der Waals surface area contributed by atoms with Crippen molar-refractivity contribution in [2.45, 2.75) is 6.92 Å².